The summed E-state index contributed by atoms with van der Waals surface area (Å²) < 4.78 is 0. The number of amides is 1. The molecule has 3 heterocycles. The number of aliphatic hydroxyl groups is 1. The molecule has 1 aliphatic heterocycles. The van der Waals surface area contributed by atoms with E-state index >= 15 is 0 Å². The molecule has 0 saturated carbocycles. The molecule has 3 aromatic rings. The first-order valence-corrected chi connectivity index (χ1v) is 9.20. The highest BCUT2D eigenvalue weighted by Gasteiger charge is 2.21. The van der Waals surface area contributed by atoms with E-state index in [1.165, 1.54) is 0 Å². The van der Waals surface area contributed by atoms with Crippen LogP contribution in [-0.2, 0) is 6.54 Å². The molecule has 2 N–H and O–H groups in total. The molecule has 1 aromatic carbocycles. The minimum Gasteiger partial charge on any atom is -0.391 e. The van der Waals surface area contributed by atoms with Gasteiger partial charge in [-0.3, -0.25) is 9.78 Å². The fraction of sp³-hybridized carbons (Fsp3) is 0.286. The van der Waals surface area contributed by atoms with Gasteiger partial charge in [-0.25, -0.2) is 4.98 Å². The lowest BCUT2D eigenvalue weighted by molar-refractivity contribution is 0.0950. The Morgan fingerprint density at radius 2 is 2.11 bits per heavy atom. The Balaban J connectivity index is 1.48. The summed E-state index contributed by atoms with van der Waals surface area (Å²) in [5.74, 6) is 0.662. The van der Waals surface area contributed by atoms with Crippen molar-refractivity contribution >= 4 is 22.6 Å². The van der Waals surface area contributed by atoms with E-state index in [9.17, 15) is 9.90 Å². The van der Waals surface area contributed by atoms with Crippen LogP contribution in [0, 0.1) is 0 Å². The molecule has 27 heavy (non-hydrogen) atoms. The summed E-state index contributed by atoms with van der Waals surface area (Å²) in [6, 6.07) is 13.4. The first-order chi connectivity index (χ1) is 13.2. The van der Waals surface area contributed by atoms with Crippen LogP contribution in [0.15, 0.2) is 54.9 Å². The van der Waals surface area contributed by atoms with Crippen molar-refractivity contribution in [3.05, 3.63) is 66.0 Å². The topological polar surface area (TPSA) is 78.4 Å². The molecule has 6 heteroatoms. The van der Waals surface area contributed by atoms with Crippen LogP contribution in [0.25, 0.3) is 10.9 Å². The number of benzene rings is 1. The summed E-state index contributed by atoms with van der Waals surface area (Å²) in [6.07, 6.45) is 4.78. The standard InChI is InChI=1S/C21H22N4O2/c26-18-7-4-10-25(14-18)20-16(6-3-9-22-20)12-24-21(27)17-11-15-5-1-2-8-19(15)23-13-17/h1-3,5-6,8-9,11,13,18,26H,4,7,10,12,14H2,(H,24,27)/t18-/m1/s1. The van der Waals surface area contributed by atoms with Gasteiger partial charge in [0.1, 0.15) is 5.82 Å². The van der Waals surface area contributed by atoms with Gasteiger partial charge in [-0.1, -0.05) is 24.3 Å². The molecule has 0 aliphatic carbocycles. The largest absolute Gasteiger partial charge is 0.391 e. The number of carbonyl (C=O) groups excluding carboxylic acids is 1. The summed E-state index contributed by atoms with van der Waals surface area (Å²) in [6.45, 7) is 1.82. The third-order valence-corrected chi connectivity index (χ3v) is 4.86. The number of nitrogens with zero attached hydrogens (tertiary/aromatic N) is 3. The number of para-hydroxylation sites is 1. The number of piperidine rings is 1. The second kappa shape index (κ2) is 7.72. The number of fused-ring (bicyclic) bond motifs is 1. The van der Waals surface area contributed by atoms with Crippen molar-refractivity contribution < 1.29 is 9.90 Å². The van der Waals surface area contributed by atoms with E-state index in [0.29, 0.717) is 18.7 Å². The van der Waals surface area contributed by atoms with Gasteiger partial charge in [-0.2, -0.15) is 0 Å². The Labute approximate surface area is 157 Å². The van der Waals surface area contributed by atoms with E-state index in [1.807, 2.05) is 42.5 Å². The van der Waals surface area contributed by atoms with Crippen molar-refractivity contribution in [1.29, 1.82) is 0 Å². The molecule has 1 aliphatic rings. The number of aliphatic hydroxyl groups excluding tert-OH is 1. The minimum absolute atomic E-state index is 0.165. The monoisotopic (exact) mass is 362 g/mol. The first kappa shape index (κ1) is 17.4. The molecule has 0 unspecified atom stereocenters. The van der Waals surface area contributed by atoms with E-state index in [4.69, 9.17) is 0 Å². The summed E-state index contributed by atoms with van der Waals surface area (Å²) in [4.78, 5) is 23.5. The molecular weight excluding hydrogens is 340 g/mol. The van der Waals surface area contributed by atoms with E-state index in [2.05, 4.69) is 20.2 Å². The third kappa shape index (κ3) is 3.90. The lowest BCUT2D eigenvalue weighted by Gasteiger charge is -2.32. The summed E-state index contributed by atoms with van der Waals surface area (Å²) >= 11 is 0. The van der Waals surface area contributed by atoms with Gasteiger partial charge in [0.2, 0.25) is 0 Å². The van der Waals surface area contributed by atoms with Crippen LogP contribution in [0.5, 0.6) is 0 Å². The van der Waals surface area contributed by atoms with Crippen molar-refractivity contribution in [2.45, 2.75) is 25.5 Å². The molecule has 1 fully saturated rings. The number of nitrogens with one attached hydrogen (secondary N) is 1. The smallest absolute Gasteiger partial charge is 0.253 e. The van der Waals surface area contributed by atoms with E-state index in [0.717, 1.165) is 41.7 Å². The first-order valence-electron chi connectivity index (χ1n) is 9.20. The van der Waals surface area contributed by atoms with E-state index < -0.39 is 0 Å². The maximum absolute atomic E-state index is 12.6. The van der Waals surface area contributed by atoms with Crippen LogP contribution in [-0.4, -0.2) is 40.2 Å². The van der Waals surface area contributed by atoms with Crippen molar-refractivity contribution in [2.24, 2.45) is 0 Å². The molecule has 1 atom stereocenters. The molecule has 0 spiro atoms. The van der Waals surface area contributed by atoms with Gasteiger partial charge in [0.25, 0.3) is 5.91 Å². The van der Waals surface area contributed by atoms with Crippen molar-refractivity contribution in [2.75, 3.05) is 18.0 Å². The van der Waals surface area contributed by atoms with Gasteiger partial charge >= 0.3 is 0 Å². The lowest BCUT2D eigenvalue weighted by atomic mass is 10.1. The fourth-order valence-electron chi connectivity index (χ4n) is 3.47. The van der Waals surface area contributed by atoms with Crippen LogP contribution < -0.4 is 10.2 Å². The van der Waals surface area contributed by atoms with Gasteiger partial charge < -0.3 is 15.3 Å². The fourth-order valence-corrected chi connectivity index (χ4v) is 3.47. The number of β-amino-alcohol motifs (C(OH)–C–C–N with tert-alkyl or cyclic N) is 1. The maximum Gasteiger partial charge on any atom is 0.253 e. The Morgan fingerprint density at radius 3 is 3.00 bits per heavy atom. The zero-order valence-corrected chi connectivity index (χ0v) is 15.0. The molecule has 1 saturated heterocycles. The molecule has 4 rings (SSSR count). The molecule has 0 bridgehead atoms. The van der Waals surface area contributed by atoms with Gasteiger partial charge in [0.15, 0.2) is 0 Å². The van der Waals surface area contributed by atoms with Gasteiger partial charge in [0.05, 0.1) is 17.2 Å². The molecular formula is C21H22N4O2. The molecule has 1 amide bonds. The second-order valence-electron chi connectivity index (χ2n) is 6.83. The average molecular weight is 362 g/mol. The highest BCUT2D eigenvalue weighted by molar-refractivity contribution is 5.97. The maximum atomic E-state index is 12.6. The predicted octanol–water partition coefficient (Wildman–Crippen LogP) is 2.52. The molecule has 138 valence electrons. The summed E-state index contributed by atoms with van der Waals surface area (Å²) in [5, 5.41) is 13.8. The number of pyridine rings is 2. The van der Waals surface area contributed by atoms with Crippen molar-refractivity contribution in [1.82, 2.24) is 15.3 Å². The number of rotatable bonds is 4. The molecule has 2 aromatic heterocycles. The average Bonchev–Trinajstić information content (AvgIpc) is 2.72. The number of hydrogen-bond acceptors (Lipinski definition) is 5. The zero-order valence-electron chi connectivity index (χ0n) is 15.0. The number of anilines is 1. The SMILES string of the molecule is O=C(NCc1cccnc1N1CCC[C@@H](O)C1)c1cnc2ccccc2c1. The highest BCUT2D eigenvalue weighted by atomic mass is 16.3. The number of carbonyl (C=O) groups is 1. The van der Waals surface area contributed by atoms with Crippen LogP contribution in [0.1, 0.15) is 28.8 Å². The zero-order chi connectivity index (χ0) is 18.6. The number of hydrogen-bond donors (Lipinski definition) is 2. The summed E-state index contributed by atoms with van der Waals surface area (Å²) in [7, 11) is 0. The molecule has 6 nitrogen and oxygen atoms in total. The summed E-state index contributed by atoms with van der Waals surface area (Å²) in [5.41, 5.74) is 2.34. The quantitative estimate of drug-likeness (QED) is 0.746. The second-order valence-corrected chi connectivity index (χ2v) is 6.83. The van der Waals surface area contributed by atoms with Crippen LogP contribution >= 0.6 is 0 Å². The van der Waals surface area contributed by atoms with Gasteiger partial charge in [-0.15, -0.1) is 0 Å². The Bertz CT molecular complexity index is 960. The highest BCUT2D eigenvalue weighted by Crippen LogP contribution is 2.22. The number of aromatic nitrogens is 2. The van der Waals surface area contributed by atoms with Crippen LogP contribution in [0.3, 0.4) is 0 Å². The molecule has 0 radical (unpaired) electrons. The van der Waals surface area contributed by atoms with E-state index in [-0.39, 0.29) is 12.0 Å². The predicted molar refractivity (Wildman–Crippen MR) is 105 cm³/mol. The minimum atomic E-state index is -0.327. The Kier molecular flexibility index (Phi) is 4.98. The van der Waals surface area contributed by atoms with Crippen LogP contribution in [0.2, 0.25) is 0 Å². The van der Waals surface area contributed by atoms with E-state index in [1.54, 1.807) is 12.4 Å². The van der Waals surface area contributed by atoms with Gasteiger partial charge in [0, 0.05) is 43.0 Å². The normalized spacial score (nSPS) is 17.1. The van der Waals surface area contributed by atoms with Gasteiger partial charge in [-0.05, 0) is 31.0 Å². The lowest BCUT2D eigenvalue weighted by Crippen LogP contribution is -2.39. The van der Waals surface area contributed by atoms with Crippen molar-refractivity contribution in [3.63, 3.8) is 0 Å². The Hall–Kier alpha value is -2.99. The Morgan fingerprint density at radius 1 is 1.22 bits per heavy atom. The van der Waals surface area contributed by atoms with Crippen molar-refractivity contribution in [3.8, 4) is 0 Å². The third-order valence-electron chi connectivity index (χ3n) is 4.86. The van der Waals surface area contributed by atoms with Crippen LogP contribution in [0.4, 0.5) is 5.82 Å².